The van der Waals surface area contributed by atoms with Gasteiger partial charge in [0, 0.05) is 18.8 Å². The van der Waals surface area contributed by atoms with Crippen LogP contribution in [0.4, 0.5) is 0 Å². The molecule has 1 aromatic heterocycles. The molecule has 0 amide bonds. The van der Waals surface area contributed by atoms with Crippen LogP contribution in [0.1, 0.15) is 5.56 Å². The third-order valence-corrected chi connectivity index (χ3v) is 2.23. The van der Waals surface area contributed by atoms with E-state index in [2.05, 4.69) is 36.3 Å². The fourth-order valence-electron chi connectivity index (χ4n) is 1.47. The minimum atomic E-state index is 1.00. The van der Waals surface area contributed by atoms with Gasteiger partial charge >= 0.3 is 0 Å². The van der Waals surface area contributed by atoms with Crippen molar-refractivity contribution < 1.29 is 0 Å². The lowest BCUT2D eigenvalue weighted by Gasteiger charge is -1.97. The Balaban J connectivity index is 2.31. The summed E-state index contributed by atoms with van der Waals surface area (Å²) in [5.74, 6) is 0. The molecule has 1 radical (unpaired) electrons. The Bertz CT molecular complexity index is 464. The summed E-state index contributed by atoms with van der Waals surface area (Å²) in [6.07, 6.45) is 5.71. The number of aromatic nitrogens is 2. The number of hydrogen-bond acceptors (Lipinski definition) is 1. The Kier molecular flexibility index (Phi) is 2.68. The van der Waals surface area contributed by atoms with Crippen LogP contribution >= 0.6 is 0 Å². The monoisotopic (exact) mass is 197 g/mol. The molecule has 0 aliphatic rings. The maximum absolute atomic E-state index is 4.34. The predicted octanol–water partition coefficient (Wildman–Crippen LogP) is 2.93. The van der Waals surface area contributed by atoms with Crippen molar-refractivity contribution in [1.29, 1.82) is 0 Å². The second kappa shape index (κ2) is 4.13. The van der Waals surface area contributed by atoms with Crippen LogP contribution in [0.2, 0.25) is 0 Å². The summed E-state index contributed by atoms with van der Waals surface area (Å²) in [5, 5.41) is 4.34. The van der Waals surface area contributed by atoms with Crippen molar-refractivity contribution in [1.82, 2.24) is 9.78 Å². The van der Waals surface area contributed by atoms with Crippen LogP contribution in [0, 0.1) is 6.92 Å². The van der Waals surface area contributed by atoms with Crippen LogP contribution in [0.3, 0.4) is 0 Å². The molecule has 15 heavy (non-hydrogen) atoms. The Labute approximate surface area is 89.9 Å². The smallest absolute Gasteiger partial charge is 0.0923 e. The van der Waals surface area contributed by atoms with Crippen molar-refractivity contribution in [2.75, 3.05) is 0 Å². The fourth-order valence-corrected chi connectivity index (χ4v) is 1.47. The molecule has 1 aromatic carbocycles. The van der Waals surface area contributed by atoms with Crippen LogP contribution in [-0.4, -0.2) is 9.78 Å². The zero-order chi connectivity index (χ0) is 10.7. The maximum Gasteiger partial charge on any atom is 0.0923 e. The molecule has 2 nitrogen and oxygen atoms in total. The summed E-state index contributed by atoms with van der Waals surface area (Å²) in [6, 6.07) is 10.3. The van der Waals surface area contributed by atoms with Crippen molar-refractivity contribution in [2.45, 2.75) is 0 Å². The molecular formula is C13H13N2. The third-order valence-electron chi connectivity index (χ3n) is 2.23. The Hall–Kier alpha value is -1.83. The predicted molar refractivity (Wildman–Crippen MR) is 63.0 cm³/mol. The van der Waals surface area contributed by atoms with Gasteiger partial charge in [-0.15, -0.1) is 0 Å². The van der Waals surface area contributed by atoms with E-state index in [-0.39, 0.29) is 0 Å². The Morgan fingerprint density at radius 3 is 2.47 bits per heavy atom. The normalized spacial score (nSPS) is 11.1. The number of aryl methyl sites for hydroxylation is 1. The highest BCUT2D eigenvalue weighted by Gasteiger charge is 1.99. The van der Waals surface area contributed by atoms with Crippen molar-refractivity contribution >= 4 is 6.08 Å². The molecule has 0 unspecified atom stereocenters. The molecule has 1 heterocycles. The number of allylic oxidation sites excluding steroid dienone is 1. The van der Waals surface area contributed by atoms with E-state index in [4.69, 9.17) is 0 Å². The first-order valence-electron chi connectivity index (χ1n) is 4.85. The molecule has 0 fully saturated rings. The molecule has 0 spiro atoms. The molecular weight excluding hydrogens is 184 g/mol. The first kappa shape index (κ1) is 9.71. The number of nitrogens with zero attached hydrogens (tertiary/aromatic N) is 2. The molecule has 0 aliphatic heterocycles. The van der Waals surface area contributed by atoms with Crippen molar-refractivity contribution in [3.8, 4) is 11.3 Å². The first-order valence-corrected chi connectivity index (χ1v) is 4.85. The van der Waals surface area contributed by atoms with Gasteiger partial charge in [0.2, 0.25) is 0 Å². The molecule has 2 heteroatoms. The third kappa shape index (κ3) is 2.15. The minimum Gasteiger partial charge on any atom is -0.275 e. The summed E-state index contributed by atoms with van der Waals surface area (Å²) in [6.45, 7) is 3.67. The van der Waals surface area contributed by atoms with E-state index in [1.807, 2.05) is 25.4 Å². The van der Waals surface area contributed by atoms with Gasteiger partial charge in [0.05, 0.1) is 5.69 Å². The van der Waals surface area contributed by atoms with Gasteiger partial charge in [-0.2, -0.15) is 5.10 Å². The van der Waals surface area contributed by atoms with E-state index in [9.17, 15) is 0 Å². The van der Waals surface area contributed by atoms with Crippen molar-refractivity contribution in [2.24, 2.45) is 7.05 Å². The highest BCUT2D eigenvalue weighted by atomic mass is 15.2. The summed E-state index contributed by atoms with van der Waals surface area (Å²) >= 11 is 0. The highest BCUT2D eigenvalue weighted by Crippen LogP contribution is 2.17. The number of hydrogen-bond donors (Lipinski definition) is 0. The van der Waals surface area contributed by atoms with E-state index < -0.39 is 0 Å². The van der Waals surface area contributed by atoms with Gasteiger partial charge in [-0.25, -0.2) is 0 Å². The SMILES string of the molecule is [CH2]/C=C/c1ccc(-c2ccn(C)n2)cc1. The number of rotatable bonds is 2. The van der Waals surface area contributed by atoms with E-state index in [1.54, 1.807) is 10.8 Å². The number of benzene rings is 1. The van der Waals surface area contributed by atoms with E-state index in [0.717, 1.165) is 16.8 Å². The van der Waals surface area contributed by atoms with Gasteiger partial charge in [-0.05, 0) is 18.6 Å². The van der Waals surface area contributed by atoms with Crippen LogP contribution in [-0.2, 0) is 7.05 Å². The molecule has 0 N–H and O–H groups in total. The zero-order valence-electron chi connectivity index (χ0n) is 8.72. The lowest BCUT2D eigenvalue weighted by molar-refractivity contribution is 0.771. The largest absolute Gasteiger partial charge is 0.275 e. The average molecular weight is 197 g/mol. The van der Waals surface area contributed by atoms with E-state index in [0.29, 0.717) is 0 Å². The van der Waals surface area contributed by atoms with Crippen molar-refractivity contribution in [3.63, 3.8) is 0 Å². The van der Waals surface area contributed by atoms with Crippen LogP contribution < -0.4 is 0 Å². The minimum absolute atomic E-state index is 1.00. The quantitative estimate of drug-likeness (QED) is 0.723. The molecule has 0 atom stereocenters. The molecule has 0 saturated carbocycles. The van der Waals surface area contributed by atoms with Crippen LogP contribution in [0.15, 0.2) is 42.6 Å². The lowest BCUT2D eigenvalue weighted by atomic mass is 10.1. The Morgan fingerprint density at radius 2 is 1.93 bits per heavy atom. The van der Waals surface area contributed by atoms with E-state index >= 15 is 0 Å². The molecule has 2 aromatic rings. The van der Waals surface area contributed by atoms with Crippen LogP contribution in [0.5, 0.6) is 0 Å². The summed E-state index contributed by atoms with van der Waals surface area (Å²) < 4.78 is 1.80. The van der Waals surface area contributed by atoms with Gasteiger partial charge in [0.25, 0.3) is 0 Å². The van der Waals surface area contributed by atoms with Gasteiger partial charge < -0.3 is 0 Å². The lowest BCUT2D eigenvalue weighted by Crippen LogP contribution is -1.87. The topological polar surface area (TPSA) is 17.8 Å². The standard InChI is InChI=1S/C13H13N2/c1-3-4-11-5-7-12(8-6-11)13-9-10-15(2)14-13/h3-10H,1H2,2H3/b4-3+. The maximum atomic E-state index is 4.34. The van der Waals surface area contributed by atoms with Crippen LogP contribution in [0.25, 0.3) is 17.3 Å². The molecule has 75 valence electrons. The van der Waals surface area contributed by atoms with Gasteiger partial charge in [-0.3, -0.25) is 4.68 Å². The highest BCUT2D eigenvalue weighted by molar-refractivity contribution is 5.62. The molecule has 0 bridgehead atoms. The Morgan fingerprint density at radius 1 is 1.20 bits per heavy atom. The van der Waals surface area contributed by atoms with Gasteiger partial charge in [-0.1, -0.05) is 36.4 Å². The molecule has 0 saturated heterocycles. The second-order valence-corrected chi connectivity index (χ2v) is 3.40. The average Bonchev–Trinajstić information content (AvgIpc) is 2.67. The summed E-state index contributed by atoms with van der Waals surface area (Å²) in [5.41, 5.74) is 3.30. The zero-order valence-corrected chi connectivity index (χ0v) is 8.72. The summed E-state index contributed by atoms with van der Waals surface area (Å²) in [4.78, 5) is 0. The van der Waals surface area contributed by atoms with Gasteiger partial charge in [0.15, 0.2) is 0 Å². The molecule has 2 rings (SSSR count). The van der Waals surface area contributed by atoms with E-state index in [1.165, 1.54) is 0 Å². The second-order valence-electron chi connectivity index (χ2n) is 3.40. The van der Waals surface area contributed by atoms with Crippen molar-refractivity contribution in [3.05, 3.63) is 55.1 Å². The first-order chi connectivity index (χ1) is 7.29. The van der Waals surface area contributed by atoms with Gasteiger partial charge in [0.1, 0.15) is 0 Å². The molecule has 0 aliphatic carbocycles. The fraction of sp³-hybridized carbons (Fsp3) is 0.0769. The summed E-state index contributed by atoms with van der Waals surface area (Å²) in [7, 11) is 1.92.